The van der Waals surface area contributed by atoms with Crippen LogP contribution in [0.4, 0.5) is 0 Å². The van der Waals surface area contributed by atoms with E-state index >= 15 is 0 Å². The standard InChI is InChI=1S/C36H34O16/c37-13-24-31(44)32(45)33(46)36(52-24)51-23-12-19(41)10-21(43)28(23)25(14-1-5-16(38)6-2-14)29(34(47)48)30-26(15-3-7-17(39)8-4-15)27-20(42)9-18(40)11-22(27)50-35(30)49/h1-12,24-26,29-33,36-46H,13H2,(H,47,48). The van der Waals surface area contributed by atoms with Crippen molar-refractivity contribution in [2.45, 2.75) is 42.5 Å². The summed E-state index contributed by atoms with van der Waals surface area (Å²) in [5, 5.41) is 116. The van der Waals surface area contributed by atoms with Crippen LogP contribution in [0.15, 0.2) is 72.8 Å². The largest absolute Gasteiger partial charge is 0.508 e. The molecule has 1 saturated heterocycles. The lowest BCUT2D eigenvalue weighted by molar-refractivity contribution is -0.277. The average Bonchev–Trinajstić information content (AvgIpc) is 3.08. The zero-order valence-electron chi connectivity index (χ0n) is 26.8. The van der Waals surface area contributed by atoms with Crippen molar-refractivity contribution >= 4 is 11.9 Å². The van der Waals surface area contributed by atoms with Gasteiger partial charge in [-0.3, -0.25) is 9.59 Å². The molecule has 0 amide bonds. The number of benzene rings is 4. The average molecular weight is 723 g/mol. The molecule has 0 spiro atoms. The number of fused-ring (bicyclic) bond motifs is 1. The highest BCUT2D eigenvalue weighted by Crippen LogP contribution is 2.55. The number of hydrogen-bond donors (Lipinski definition) is 11. The Bertz CT molecular complexity index is 1960. The molecule has 0 aromatic heterocycles. The van der Waals surface area contributed by atoms with Crippen molar-refractivity contribution in [3.05, 3.63) is 95.1 Å². The van der Waals surface area contributed by atoms with Crippen LogP contribution in [0, 0.1) is 11.8 Å². The summed E-state index contributed by atoms with van der Waals surface area (Å²) in [6.07, 6.45) is -8.96. The van der Waals surface area contributed by atoms with Gasteiger partial charge in [0.1, 0.15) is 70.4 Å². The zero-order chi connectivity index (χ0) is 37.6. The Morgan fingerprint density at radius 2 is 1.35 bits per heavy atom. The highest BCUT2D eigenvalue weighted by Gasteiger charge is 2.52. The third-order valence-corrected chi connectivity index (χ3v) is 9.30. The van der Waals surface area contributed by atoms with Crippen LogP contribution in [0.25, 0.3) is 0 Å². The topological polar surface area (TPSA) is 284 Å². The number of carboxylic acids is 1. The van der Waals surface area contributed by atoms with Crippen LogP contribution in [0.1, 0.15) is 34.1 Å². The highest BCUT2D eigenvalue weighted by molar-refractivity contribution is 5.88. The van der Waals surface area contributed by atoms with Gasteiger partial charge in [-0.1, -0.05) is 24.3 Å². The number of aliphatic carboxylic acids is 1. The van der Waals surface area contributed by atoms with Gasteiger partial charge in [0, 0.05) is 47.2 Å². The molecule has 2 aliphatic heterocycles. The number of rotatable bonds is 9. The number of carbonyl (C=O) groups excluding carboxylic acids is 1. The molecule has 16 heteroatoms. The predicted octanol–water partition coefficient (Wildman–Crippen LogP) is 1.30. The van der Waals surface area contributed by atoms with Gasteiger partial charge >= 0.3 is 11.9 Å². The molecule has 4 aromatic rings. The molecule has 0 bridgehead atoms. The number of aromatic hydroxyl groups is 6. The quantitative estimate of drug-likeness (QED) is 0.0857. The molecule has 2 heterocycles. The minimum atomic E-state index is -1.97. The summed E-state index contributed by atoms with van der Waals surface area (Å²) in [6.45, 7) is -0.825. The highest BCUT2D eigenvalue weighted by atomic mass is 16.7. The molecule has 2 aliphatic rings. The van der Waals surface area contributed by atoms with Gasteiger partial charge in [-0.15, -0.1) is 0 Å². The van der Waals surface area contributed by atoms with Crippen molar-refractivity contribution in [2.24, 2.45) is 11.8 Å². The van der Waals surface area contributed by atoms with E-state index in [-0.39, 0.29) is 33.9 Å². The van der Waals surface area contributed by atoms with E-state index in [0.717, 1.165) is 24.3 Å². The lowest BCUT2D eigenvalue weighted by Crippen LogP contribution is -2.60. The van der Waals surface area contributed by atoms with Crippen LogP contribution in [0.2, 0.25) is 0 Å². The van der Waals surface area contributed by atoms with Gasteiger partial charge in [-0.05, 0) is 35.4 Å². The number of carbonyl (C=O) groups is 2. The van der Waals surface area contributed by atoms with Crippen molar-refractivity contribution in [2.75, 3.05) is 6.61 Å². The van der Waals surface area contributed by atoms with Crippen LogP contribution in [-0.4, -0.2) is 105 Å². The molecule has 274 valence electrons. The second kappa shape index (κ2) is 14.1. The summed E-state index contributed by atoms with van der Waals surface area (Å²) in [6, 6.07) is 14.1. The third-order valence-electron chi connectivity index (χ3n) is 9.30. The van der Waals surface area contributed by atoms with Crippen molar-refractivity contribution < 1.29 is 80.0 Å². The van der Waals surface area contributed by atoms with Crippen molar-refractivity contribution in [1.29, 1.82) is 0 Å². The molecule has 9 unspecified atom stereocenters. The SMILES string of the molecule is O=C(O)C(C(c1ccc(O)cc1)c1c(O)cc(O)cc1OC1OC(CO)C(O)C(O)C1O)C1C(=O)Oc2cc(O)cc(O)c2C1c1ccc(O)cc1. The van der Waals surface area contributed by atoms with Gasteiger partial charge < -0.3 is 70.4 Å². The number of ether oxygens (including phenoxy) is 3. The minimum Gasteiger partial charge on any atom is -0.508 e. The van der Waals surface area contributed by atoms with E-state index in [4.69, 9.17) is 14.2 Å². The summed E-state index contributed by atoms with van der Waals surface area (Å²) >= 11 is 0. The Morgan fingerprint density at radius 1 is 0.750 bits per heavy atom. The Labute approximate surface area is 293 Å². The third kappa shape index (κ3) is 6.56. The van der Waals surface area contributed by atoms with E-state index in [1.54, 1.807) is 0 Å². The van der Waals surface area contributed by atoms with Crippen LogP contribution >= 0.6 is 0 Å². The molecule has 16 nitrogen and oxygen atoms in total. The Balaban J connectivity index is 1.59. The maximum Gasteiger partial charge on any atom is 0.316 e. The van der Waals surface area contributed by atoms with Crippen molar-refractivity contribution in [3.63, 3.8) is 0 Å². The van der Waals surface area contributed by atoms with Crippen molar-refractivity contribution in [3.8, 4) is 46.0 Å². The lowest BCUT2D eigenvalue weighted by atomic mass is 9.65. The minimum absolute atomic E-state index is 0.0582. The van der Waals surface area contributed by atoms with Crippen LogP contribution in [0.3, 0.4) is 0 Å². The number of hydrogen-bond acceptors (Lipinski definition) is 15. The molecule has 0 radical (unpaired) electrons. The first-order chi connectivity index (χ1) is 24.7. The van der Waals surface area contributed by atoms with E-state index in [0.29, 0.717) is 0 Å². The van der Waals surface area contributed by atoms with E-state index in [2.05, 4.69) is 0 Å². The smallest absolute Gasteiger partial charge is 0.316 e. The molecule has 1 fully saturated rings. The number of phenols is 6. The van der Waals surface area contributed by atoms with Crippen molar-refractivity contribution in [1.82, 2.24) is 0 Å². The Morgan fingerprint density at radius 3 is 1.96 bits per heavy atom. The van der Waals surface area contributed by atoms with Crippen LogP contribution in [-0.2, 0) is 14.3 Å². The second-order valence-corrected chi connectivity index (χ2v) is 12.5. The molecule has 0 aliphatic carbocycles. The molecule has 52 heavy (non-hydrogen) atoms. The summed E-state index contributed by atoms with van der Waals surface area (Å²) in [5.41, 5.74) is -0.199. The fourth-order valence-electron chi connectivity index (χ4n) is 6.93. The Hall–Kier alpha value is -5.78. The van der Waals surface area contributed by atoms with Gasteiger partial charge in [-0.2, -0.15) is 0 Å². The van der Waals surface area contributed by atoms with Gasteiger partial charge in [0.15, 0.2) is 0 Å². The lowest BCUT2D eigenvalue weighted by Gasteiger charge is -2.41. The molecule has 9 atom stereocenters. The summed E-state index contributed by atoms with van der Waals surface area (Å²) in [4.78, 5) is 27.8. The number of aliphatic hydroxyl groups excluding tert-OH is 4. The number of carboxylic acid groups (broad SMARTS) is 1. The van der Waals surface area contributed by atoms with E-state index in [9.17, 15) is 65.8 Å². The van der Waals surface area contributed by atoms with E-state index < -0.39 is 107 Å². The van der Waals surface area contributed by atoms with E-state index in [1.165, 1.54) is 48.5 Å². The molecule has 4 aromatic carbocycles. The number of phenolic OH excluding ortho intramolecular Hbond substituents is 6. The van der Waals surface area contributed by atoms with Gasteiger partial charge in [0.05, 0.1) is 18.4 Å². The van der Waals surface area contributed by atoms with Crippen LogP contribution < -0.4 is 9.47 Å². The maximum absolute atomic E-state index is 14.1. The fraction of sp³-hybridized carbons (Fsp3) is 0.278. The number of aliphatic hydroxyl groups is 4. The first kappa shape index (κ1) is 36.0. The fourth-order valence-corrected chi connectivity index (χ4v) is 6.93. The molecule has 0 saturated carbocycles. The molecular formula is C36H34O16. The first-order valence-corrected chi connectivity index (χ1v) is 15.8. The second-order valence-electron chi connectivity index (χ2n) is 12.5. The van der Waals surface area contributed by atoms with Crippen LogP contribution in [0.5, 0.6) is 46.0 Å². The zero-order valence-corrected chi connectivity index (χ0v) is 26.8. The first-order valence-electron chi connectivity index (χ1n) is 15.8. The molecule has 11 N–H and O–H groups in total. The molecule has 6 rings (SSSR count). The van der Waals surface area contributed by atoms with Gasteiger partial charge in [-0.25, -0.2) is 0 Å². The number of esters is 1. The van der Waals surface area contributed by atoms with Gasteiger partial charge in [0.25, 0.3) is 0 Å². The predicted molar refractivity (Wildman–Crippen MR) is 174 cm³/mol. The summed E-state index contributed by atoms with van der Waals surface area (Å²) in [7, 11) is 0. The Kier molecular flexibility index (Phi) is 9.76. The summed E-state index contributed by atoms with van der Waals surface area (Å²) < 4.78 is 16.9. The molecular weight excluding hydrogens is 688 g/mol. The van der Waals surface area contributed by atoms with Gasteiger partial charge in [0.2, 0.25) is 6.29 Å². The van der Waals surface area contributed by atoms with E-state index in [1.807, 2.05) is 0 Å². The monoisotopic (exact) mass is 722 g/mol. The normalized spacial score (nSPS) is 25.4. The summed E-state index contributed by atoms with van der Waals surface area (Å²) in [5.74, 6) is -13.1. The maximum atomic E-state index is 14.1.